The smallest absolute Gasteiger partial charge is 0.231 e. The van der Waals surface area contributed by atoms with E-state index < -0.39 is 6.23 Å². The van der Waals surface area contributed by atoms with Crippen LogP contribution in [0, 0.1) is 0 Å². The predicted octanol–water partition coefficient (Wildman–Crippen LogP) is 4.37. The number of hydrogen-bond acceptors (Lipinski definition) is 7. The minimum atomic E-state index is -0.397. The van der Waals surface area contributed by atoms with Gasteiger partial charge in [0.25, 0.3) is 0 Å². The van der Waals surface area contributed by atoms with Crippen molar-refractivity contribution in [3.8, 4) is 28.7 Å². The van der Waals surface area contributed by atoms with Gasteiger partial charge in [0, 0.05) is 23.1 Å². The van der Waals surface area contributed by atoms with E-state index in [2.05, 4.69) is 6.07 Å². The molecular weight excluding hydrogens is 396 g/mol. The van der Waals surface area contributed by atoms with Gasteiger partial charge < -0.3 is 24.1 Å². The van der Waals surface area contributed by atoms with Crippen molar-refractivity contribution in [3.05, 3.63) is 77.4 Å². The molecule has 7 heteroatoms. The molecule has 3 aliphatic heterocycles. The molecule has 2 atom stereocenters. The van der Waals surface area contributed by atoms with Crippen LogP contribution in [0.25, 0.3) is 0 Å². The van der Waals surface area contributed by atoms with E-state index in [-0.39, 0.29) is 18.6 Å². The highest BCUT2D eigenvalue weighted by Gasteiger charge is 2.41. The van der Waals surface area contributed by atoms with Gasteiger partial charge in [-0.1, -0.05) is 18.2 Å². The summed E-state index contributed by atoms with van der Waals surface area (Å²) in [6.45, 7) is 0.227. The van der Waals surface area contributed by atoms with Gasteiger partial charge in [-0.15, -0.1) is 0 Å². The Hall–Kier alpha value is -3.87. The zero-order chi connectivity index (χ0) is 20.9. The van der Waals surface area contributed by atoms with Crippen molar-refractivity contribution in [1.82, 2.24) is 5.01 Å². The first kappa shape index (κ1) is 17.9. The average Bonchev–Trinajstić information content (AvgIpc) is 3.46. The third-order valence-electron chi connectivity index (χ3n) is 5.89. The summed E-state index contributed by atoms with van der Waals surface area (Å²) in [6, 6.07) is 19.3. The summed E-state index contributed by atoms with van der Waals surface area (Å²) in [5.41, 5.74) is 3.86. The van der Waals surface area contributed by atoms with Gasteiger partial charge in [0.2, 0.25) is 13.0 Å². The van der Waals surface area contributed by atoms with Gasteiger partial charge in [-0.25, -0.2) is 5.01 Å². The zero-order valence-electron chi connectivity index (χ0n) is 16.8. The minimum absolute atomic E-state index is 0.0372. The van der Waals surface area contributed by atoms with Crippen molar-refractivity contribution in [1.29, 1.82) is 0 Å². The van der Waals surface area contributed by atoms with E-state index in [0.717, 1.165) is 40.3 Å². The Kier molecular flexibility index (Phi) is 3.96. The molecule has 156 valence electrons. The Morgan fingerprint density at radius 3 is 2.77 bits per heavy atom. The maximum Gasteiger partial charge on any atom is 0.231 e. The molecular formula is C24H20N2O5. The second kappa shape index (κ2) is 6.84. The van der Waals surface area contributed by atoms with Crippen LogP contribution in [-0.4, -0.2) is 29.7 Å². The third kappa shape index (κ3) is 2.84. The molecule has 0 fully saturated rings. The number of methoxy groups -OCH3 is 1. The van der Waals surface area contributed by atoms with E-state index in [4.69, 9.17) is 24.0 Å². The van der Waals surface area contributed by atoms with E-state index in [0.29, 0.717) is 11.5 Å². The maximum absolute atomic E-state index is 9.96. The molecule has 7 nitrogen and oxygen atoms in total. The molecule has 3 heterocycles. The third-order valence-corrected chi connectivity index (χ3v) is 5.89. The average molecular weight is 416 g/mol. The topological polar surface area (TPSA) is 72.8 Å². The van der Waals surface area contributed by atoms with Crippen LogP contribution in [0.3, 0.4) is 0 Å². The van der Waals surface area contributed by atoms with Gasteiger partial charge in [0.15, 0.2) is 23.0 Å². The summed E-state index contributed by atoms with van der Waals surface area (Å²) < 4.78 is 22.7. The van der Waals surface area contributed by atoms with E-state index >= 15 is 0 Å². The Bertz CT molecular complexity index is 1210. The first-order valence-electron chi connectivity index (χ1n) is 10.1. The molecule has 0 bridgehead atoms. The SMILES string of the molecule is COc1cc(C2=NN3[C@H](C2)c2ccccc2O[C@H]3c2ccc3c(c2)OCO3)ccc1O. The minimum Gasteiger partial charge on any atom is -0.504 e. The summed E-state index contributed by atoms with van der Waals surface area (Å²) in [7, 11) is 1.54. The molecule has 31 heavy (non-hydrogen) atoms. The quantitative estimate of drug-likeness (QED) is 0.684. The van der Waals surface area contributed by atoms with Crippen molar-refractivity contribution in [3.63, 3.8) is 0 Å². The highest BCUT2D eigenvalue weighted by molar-refractivity contribution is 6.02. The number of hydrazone groups is 1. The molecule has 0 radical (unpaired) electrons. The van der Waals surface area contributed by atoms with Crippen LogP contribution in [0.5, 0.6) is 28.7 Å². The number of ether oxygens (including phenoxy) is 4. The number of aromatic hydroxyl groups is 1. The molecule has 3 aliphatic rings. The van der Waals surface area contributed by atoms with Crippen LogP contribution < -0.4 is 18.9 Å². The van der Waals surface area contributed by atoms with Crippen molar-refractivity contribution in [2.24, 2.45) is 5.10 Å². The summed E-state index contributed by atoms with van der Waals surface area (Å²) >= 11 is 0. The molecule has 0 saturated carbocycles. The largest absolute Gasteiger partial charge is 0.504 e. The van der Waals surface area contributed by atoms with Gasteiger partial charge in [-0.05, 0) is 42.5 Å². The van der Waals surface area contributed by atoms with E-state index in [1.807, 2.05) is 53.5 Å². The van der Waals surface area contributed by atoms with E-state index in [1.165, 1.54) is 7.11 Å². The Labute approximate surface area is 179 Å². The number of benzene rings is 3. The fraction of sp³-hybridized carbons (Fsp3) is 0.208. The Morgan fingerprint density at radius 1 is 1.00 bits per heavy atom. The molecule has 0 aliphatic carbocycles. The lowest BCUT2D eigenvalue weighted by Crippen LogP contribution is -2.33. The lowest BCUT2D eigenvalue weighted by atomic mass is 9.95. The van der Waals surface area contributed by atoms with Crippen LogP contribution in [0.4, 0.5) is 0 Å². The maximum atomic E-state index is 9.96. The van der Waals surface area contributed by atoms with Crippen LogP contribution in [0.15, 0.2) is 65.8 Å². The summed E-state index contributed by atoms with van der Waals surface area (Å²) in [6.07, 6.45) is 0.320. The molecule has 0 saturated heterocycles. The lowest BCUT2D eigenvalue weighted by Gasteiger charge is -2.38. The Morgan fingerprint density at radius 2 is 1.87 bits per heavy atom. The van der Waals surface area contributed by atoms with Crippen molar-refractivity contribution < 1.29 is 24.1 Å². The summed E-state index contributed by atoms with van der Waals surface area (Å²) in [5.74, 6) is 2.83. The molecule has 0 aromatic heterocycles. The fourth-order valence-electron chi connectivity index (χ4n) is 4.35. The first-order valence-corrected chi connectivity index (χ1v) is 10.1. The lowest BCUT2D eigenvalue weighted by molar-refractivity contribution is -0.0191. The second-order valence-corrected chi connectivity index (χ2v) is 7.65. The molecule has 6 rings (SSSR count). The second-order valence-electron chi connectivity index (χ2n) is 7.65. The molecule has 3 aromatic carbocycles. The number of para-hydroxylation sites is 1. The molecule has 1 N–H and O–H groups in total. The highest BCUT2D eigenvalue weighted by Crippen LogP contribution is 2.48. The number of fused-ring (bicyclic) bond motifs is 4. The molecule has 0 amide bonds. The first-order chi connectivity index (χ1) is 15.2. The van der Waals surface area contributed by atoms with Crippen LogP contribution in [0.2, 0.25) is 0 Å². The van der Waals surface area contributed by atoms with Crippen molar-refractivity contribution in [2.45, 2.75) is 18.7 Å². The summed E-state index contributed by atoms with van der Waals surface area (Å²) in [5, 5.41) is 16.9. The van der Waals surface area contributed by atoms with Gasteiger partial charge in [0.05, 0.1) is 18.9 Å². The Balaban J connectivity index is 1.43. The summed E-state index contributed by atoms with van der Waals surface area (Å²) in [4.78, 5) is 0. The molecule has 0 spiro atoms. The normalized spacial score (nSPS) is 20.5. The number of phenolic OH excluding ortho intramolecular Hbond substituents is 1. The van der Waals surface area contributed by atoms with E-state index in [1.54, 1.807) is 6.07 Å². The number of hydrogen-bond donors (Lipinski definition) is 1. The fourth-order valence-corrected chi connectivity index (χ4v) is 4.35. The van der Waals surface area contributed by atoms with Gasteiger partial charge in [0.1, 0.15) is 5.75 Å². The predicted molar refractivity (Wildman–Crippen MR) is 113 cm³/mol. The van der Waals surface area contributed by atoms with Crippen LogP contribution in [0.1, 0.15) is 35.4 Å². The standard InChI is InChI=1S/C24H20N2O5/c1-28-22-10-14(6-8-19(22)27)17-12-18-16-4-2-3-5-20(16)31-24(26(18)25-17)15-7-9-21-23(11-15)30-13-29-21/h2-11,18,24,27H,12-13H2,1H3/t18-,24+/m1/s1. The van der Waals surface area contributed by atoms with Crippen molar-refractivity contribution in [2.75, 3.05) is 13.9 Å². The van der Waals surface area contributed by atoms with Gasteiger partial charge in [-0.2, -0.15) is 5.10 Å². The molecule has 3 aromatic rings. The van der Waals surface area contributed by atoms with Crippen LogP contribution >= 0.6 is 0 Å². The monoisotopic (exact) mass is 416 g/mol. The molecule has 0 unspecified atom stereocenters. The van der Waals surface area contributed by atoms with Crippen molar-refractivity contribution >= 4 is 5.71 Å². The number of rotatable bonds is 3. The van der Waals surface area contributed by atoms with Gasteiger partial charge in [-0.3, -0.25) is 0 Å². The number of phenols is 1. The highest BCUT2D eigenvalue weighted by atomic mass is 16.7. The van der Waals surface area contributed by atoms with Gasteiger partial charge >= 0.3 is 0 Å². The zero-order valence-corrected chi connectivity index (χ0v) is 16.8. The van der Waals surface area contributed by atoms with E-state index in [9.17, 15) is 5.11 Å². The van der Waals surface area contributed by atoms with Crippen LogP contribution in [-0.2, 0) is 0 Å². The number of nitrogens with zero attached hydrogens (tertiary/aromatic N) is 2.